The van der Waals surface area contributed by atoms with Gasteiger partial charge in [0, 0.05) is 41.7 Å². The number of halogens is 1. The van der Waals surface area contributed by atoms with Crippen LogP contribution >= 0.6 is 35.3 Å². The highest BCUT2D eigenvalue weighted by Gasteiger charge is 2.23. The predicted octanol–water partition coefficient (Wildman–Crippen LogP) is 4.57. The van der Waals surface area contributed by atoms with Crippen molar-refractivity contribution in [1.82, 2.24) is 15.6 Å². The zero-order chi connectivity index (χ0) is 20.0. The number of hydrogen-bond acceptors (Lipinski definition) is 4. The first-order valence-corrected chi connectivity index (χ1v) is 11.1. The zero-order valence-electron chi connectivity index (χ0n) is 17.9. The highest BCUT2D eigenvalue weighted by atomic mass is 127. The molecule has 0 aromatic carbocycles. The molecule has 0 spiro atoms. The highest BCUT2D eigenvalue weighted by molar-refractivity contribution is 14.0. The average molecular weight is 528 g/mol. The number of aliphatic imine (C=N–C) groups is 1. The number of rotatable bonds is 6. The maximum Gasteiger partial charge on any atom is 0.191 e. The van der Waals surface area contributed by atoms with Crippen LogP contribution in [0.15, 0.2) is 40.7 Å². The Morgan fingerprint density at radius 3 is 2.62 bits per heavy atom. The first kappa shape index (κ1) is 23.9. The van der Waals surface area contributed by atoms with Gasteiger partial charge in [-0.15, -0.1) is 35.3 Å². The van der Waals surface area contributed by atoms with Crippen molar-refractivity contribution in [2.45, 2.75) is 52.0 Å². The third-order valence-electron chi connectivity index (χ3n) is 5.20. The summed E-state index contributed by atoms with van der Waals surface area (Å²) < 4.78 is 0. The van der Waals surface area contributed by atoms with Gasteiger partial charge in [-0.1, -0.05) is 26.0 Å². The van der Waals surface area contributed by atoms with Gasteiger partial charge in [-0.3, -0.25) is 4.99 Å². The zero-order valence-corrected chi connectivity index (χ0v) is 21.1. The van der Waals surface area contributed by atoms with Gasteiger partial charge in [0.05, 0.1) is 6.54 Å². The minimum absolute atomic E-state index is 0. The van der Waals surface area contributed by atoms with Gasteiger partial charge in [0.1, 0.15) is 5.82 Å². The van der Waals surface area contributed by atoms with Crippen LogP contribution in [0.3, 0.4) is 0 Å². The van der Waals surface area contributed by atoms with Gasteiger partial charge >= 0.3 is 0 Å². The Hall–Kier alpha value is -1.35. The Balaban J connectivity index is 0.00000300. The third-order valence-corrected chi connectivity index (χ3v) is 6.43. The van der Waals surface area contributed by atoms with Crippen LogP contribution in [-0.2, 0) is 5.41 Å². The normalized spacial score (nSPS) is 15.7. The molecule has 2 N–H and O–H groups in total. The number of nitrogens with one attached hydrogen (secondary N) is 2. The molecule has 1 saturated heterocycles. The summed E-state index contributed by atoms with van der Waals surface area (Å²) in [5.74, 6) is 2.02. The average Bonchev–Trinajstić information content (AvgIpc) is 3.23. The van der Waals surface area contributed by atoms with Crippen LogP contribution < -0.4 is 15.5 Å². The lowest BCUT2D eigenvalue weighted by molar-refractivity contribution is 0.457. The van der Waals surface area contributed by atoms with Gasteiger partial charge in [0.2, 0.25) is 0 Å². The molecule has 1 aliphatic heterocycles. The smallest absolute Gasteiger partial charge is 0.191 e. The minimum Gasteiger partial charge on any atom is -0.357 e. The second-order valence-corrected chi connectivity index (χ2v) is 9.05. The molecule has 0 amide bonds. The fourth-order valence-corrected chi connectivity index (χ4v) is 4.33. The number of aromatic nitrogens is 1. The summed E-state index contributed by atoms with van der Waals surface area (Å²) in [6.07, 6.45) is 2.18. The quantitative estimate of drug-likeness (QED) is 0.328. The van der Waals surface area contributed by atoms with Crippen molar-refractivity contribution in [3.05, 3.63) is 46.3 Å². The fourth-order valence-electron chi connectivity index (χ4n) is 3.49. The Morgan fingerprint density at radius 2 is 2.00 bits per heavy atom. The third kappa shape index (κ3) is 6.84. The topological polar surface area (TPSA) is 52.6 Å². The van der Waals surface area contributed by atoms with E-state index >= 15 is 0 Å². The molecule has 160 valence electrons. The maximum atomic E-state index is 4.90. The minimum atomic E-state index is 0. The van der Waals surface area contributed by atoms with Crippen molar-refractivity contribution in [2.24, 2.45) is 4.99 Å². The number of thiophene rings is 1. The lowest BCUT2D eigenvalue weighted by Crippen LogP contribution is -2.49. The van der Waals surface area contributed by atoms with Crippen LogP contribution in [-0.4, -0.2) is 43.2 Å². The number of aryl methyl sites for hydroxylation is 1. The van der Waals surface area contributed by atoms with Crippen molar-refractivity contribution < 1.29 is 0 Å². The number of nitrogens with zero attached hydrogens (tertiary/aromatic N) is 3. The van der Waals surface area contributed by atoms with E-state index in [0.29, 0.717) is 6.04 Å². The summed E-state index contributed by atoms with van der Waals surface area (Å²) >= 11 is 1.81. The molecule has 1 aliphatic rings. The molecule has 0 saturated carbocycles. The van der Waals surface area contributed by atoms with Gasteiger partial charge in [0.15, 0.2) is 5.96 Å². The first-order chi connectivity index (χ1) is 13.5. The number of guanidine groups is 1. The molecule has 2 aromatic heterocycles. The standard InChI is InChI=1S/C22H33N5S.HI/c1-5-23-21(24-16-22(3,4)19-9-7-15-28-19)26-18-11-13-27(14-12-18)20-10-6-8-17(2)25-20;/h6-10,15,18H,5,11-14,16H2,1-4H3,(H2,23,24,26);1H. The van der Waals surface area contributed by atoms with E-state index in [4.69, 9.17) is 4.99 Å². The highest BCUT2D eigenvalue weighted by Crippen LogP contribution is 2.27. The summed E-state index contributed by atoms with van der Waals surface area (Å²) in [6.45, 7) is 12.4. The Labute approximate surface area is 196 Å². The Kier molecular flexibility index (Phi) is 9.20. The van der Waals surface area contributed by atoms with Gasteiger partial charge in [-0.05, 0) is 50.3 Å². The summed E-state index contributed by atoms with van der Waals surface area (Å²) in [5, 5.41) is 9.21. The summed E-state index contributed by atoms with van der Waals surface area (Å²) in [7, 11) is 0. The molecule has 0 bridgehead atoms. The van der Waals surface area contributed by atoms with E-state index < -0.39 is 0 Å². The first-order valence-electron chi connectivity index (χ1n) is 10.3. The molecule has 0 atom stereocenters. The number of anilines is 1. The molecule has 0 unspecified atom stereocenters. The second kappa shape index (κ2) is 11.2. The number of hydrogen-bond donors (Lipinski definition) is 2. The van der Waals surface area contributed by atoms with Crippen LogP contribution in [0.2, 0.25) is 0 Å². The van der Waals surface area contributed by atoms with Gasteiger partial charge in [-0.25, -0.2) is 4.98 Å². The number of piperidine rings is 1. The van der Waals surface area contributed by atoms with Crippen molar-refractivity contribution in [2.75, 3.05) is 31.1 Å². The van der Waals surface area contributed by atoms with E-state index in [1.165, 1.54) is 4.88 Å². The Bertz CT molecular complexity index is 767. The van der Waals surface area contributed by atoms with Crippen molar-refractivity contribution in [3.63, 3.8) is 0 Å². The van der Waals surface area contributed by atoms with Crippen LogP contribution in [0.25, 0.3) is 0 Å². The fraction of sp³-hybridized carbons (Fsp3) is 0.545. The maximum absolute atomic E-state index is 4.90. The molecule has 0 radical (unpaired) electrons. The van der Waals surface area contributed by atoms with Crippen LogP contribution in [0.5, 0.6) is 0 Å². The molecule has 5 nitrogen and oxygen atoms in total. The predicted molar refractivity (Wildman–Crippen MR) is 136 cm³/mol. The monoisotopic (exact) mass is 527 g/mol. The second-order valence-electron chi connectivity index (χ2n) is 8.10. The molecular formula is C22H34IN5S. The molecule has 29 heavy (non-hydrogen) atoms. The van der Waals surface area contributed by atoms with Gasteiger partial charge < -0.3 is 15.5 Å². The number of pyridine rings is 1. The summed E-state index contributed by atoms with van der Waals surface area (Å²) in [6, 6.07) is 11.0. The van der Waals surface area contributed by atoms with Crippen LogP contribution in [0, 0.1) is 6.92 Å². The summed E-state index contributed by atoms with van der Waals surface area (Å²) in [5.41, 5.74) is 1.13. The van der Waals surface area contributed by atoms with E-state index in [1.54, 1.807) is 0 Å². The van der Waals surface area contributed by atoms with Crippen molar-refractivity contribution >= 4 is 47.1 Å². The largest absolute Gasteiger partial charge is 0.357 e. The SMILES string of the molecule is CCNC(=NCC(C)(C)c1cccs1)NC1CCN(c2cccc(C)n2)CC1.I. The summed E-state index contributed by atoms with van der Waals surface area (Å²) in [4.78, 5) is 13.3. The van der Waals surface area contributed by atoms with E-state index in [0.717, 1.165) is 56.5 Å². The molecule has 0 aliphatic carbocycles. The van der Waals surface area contributed by atoms with Crippen molar-refractivity contribution in [1.29, 1.82) is 0 Å². The van der Waals surface area contributed by atoms with E-state index in [1.807, 2.05) is 11.3 Å². The Morgan fingerprint density at radius 1 is 1.24 bits per heavy atom. The molecule has 3 heterocycles. The van der Waals surface area contributed by atoms with Gasteiger partial charge in [-0.2, -0.15) is 0 Å². The molecule has 7 heteroatoms. The molecular weight excluding hydrogens is 493 g/mol. The molecule has 2 aromatic rings. The van der Waals surface area contributed by atoms with Crippen LogP contribution in [0.1, 0.15) is 44.2 Å². The van der Waals surface area contributed by atoms with E-state index in [2.05, 4.69) is 83.9 Å². The lowest BCUT2D eigenvalue weighted by atomic mass is 9.92. The van der Waals surface area contributed by atoms with Gasteiger partial charge in [0.25, 0.3) is 0 Å². The lowest BCUT2D eigenvalue weighted by Gasteiger charge is -2.34. The molecule has 1 fully saturated rings. The van der Waals surface area contributed by atoms with Crippen molar-refractivity contribution in [3.8, 4) is 0 Å². The van der Waals surface area contributed by atoms with E-state index in [-0.39, 0.29) is 29.4 Å². The molecule has 3 rings (SSSR count). The van der Waals surface area contributed by atoms with Crippen LogP contribution in [0.4, 0.5) is 5.82 Å². The van der Waals surface area contributed by atoms with E-state index in [9.17, 15) is 0 Å².